The molecule has 0 atom stereocenters. The smallest absolute Gasteiger partial charge is 0.151 e. The summed E-state index contributed by atoms with van der Waals surface area (Å²) < 4.78 is 0. The minimum Gasteiger partial charge on any atom is -0.505 e. The summed E-state index contributed by atoms with van der Waals surface area (Å²) in [6.45, 7) is 1.96. The largest absolute Gasteiger partial charge is 0.505 e. The van der Waals surface area contributed by atoms with Crippen molar-refractivity contribution in [1.82, 2.24) is 0 Å². The highest BCUT2D eigenvalue weighted by Gasteiger charge is 2.07. The van der Waals surface area contributed by atoms with Gasteiger partial charge >= 0.3 is 0 Å². The number of phenolic OH excluding ortho intramolecular Hbond substituents is 1. The zero-order valence-corrected chi connectivity index (χ0v) is 12.9. The fraction of sp³-hybridized carbons (Fsp3) is 0.111. The number of benzene rings is 3. The predicted molar refractivity (Wildman–Crippen MR) is 91.4 cm³/mol. The summed E-state index contributed by atoms with van der Waals surface area (Å²) in [5.41, 5.74) is 2.90. The molecule has 0 spiro atoms. The molecule has 3 aromatic carbocycles. The molecule has 0 aliphatic heterocycles. The molecule has 3 aromatic rings. The van der Waals surface area contributed by atoms with E-state index in [2.05, 4.69) is 20.5 Å². The summed E-state index contributed by atoms with van der Waals surface area (Å²) in [5.74, 6) is 0.153. The Labute approximate surface area is 134 Å². The van der Waals surface area contributed by atoms with Gasteiger partial charge in [-0.05, 0) is 48.2 Å². The van der Waals surface area contributed by atoms with Crippen molar-refractivity contribution in [2.24, 2.45) is 20.5 Å². The molecule has 5 nitrogen and oxygen atoms in total. The molecule has 0 bridgehead atoms. The van der Waals surface area contributed by atoms with Crippen LogP contribution in [-0.4, -0.2) is 12.2 Å². The second-order valence-corrected chi connectivity index (χ2v) is 5.12. The topological polar surface area (TPSA) is 69.7 Å². The van der Waals surface area contributed by atoms with E-state index in [1.807, 2.05) is 43.3 Å². The van der Waals surface area contributed by atoms with Crippen LogP contribution in [0.3, 0.4) is 0 Å². The third-order valence-electron chi connectivity index (χ3n) is 3.54. The number of hydrogen-bond donors (Lipinski definition) is 1. The van der Waals surface area contributed by atoms with Crippen LogP contribution in [0.25, 0.3) is 10.8 Å². The molecule has 0 saturated carbocycles. The average Bonchev–Trinajstić information content (AvgIpc) is 2.56. The summed E-state index contributed by atoms with van der Waals surface area (Å²) in [5, 5.41) is 28.2. The number of phenols is 1. The van der Waals surface area contributed by atoms with E-state index in [0.29, 0.717) is 11.4 Å². The molecule has 0 heterocycles. The first-order valence-electron chi connectivity index (χ1n) is 7.22. The third-order valence-corrected chi connectivity index (χ3v) is 3.54. The van der Waals surface area contributed by atoms with Gasteiger partial charge in [0.05, 0.1) is 11.4 Å². The fourth-order valence-corrected chi connectivity index (χ4v) is 2.42. The van der Waals surface area contributed by atoms with Crippen LogP contribution in [0.15, 0.2) is 75.1 Å². The summed E-state index contributed by atoms with van der Waals surface area (Å²) >= 11 is 0. The molecule has 0 aromatic heterocycles. The number of azo groups is 2. The number of nitrogens with zero attached hydrogens (tertiary/aromatic N) is 4. The van der Waals surface area contributed by atoms with Crippen molar-refractivity contribution in [1.29, 1.82) is 0 Å². The normalized spacial score (nSPS) is 11.7. The van der Waals surface area contributed by atoms with Gasteiger partial charge in [0.1, 0.15) is 5.69 Å². The molecule has 0 aliphatic rings. The maximum atomic E-state index is 10.4. The Morgan fingerprint density at radius 3 is 2.17 bits per heavy atom. The van der Waals surface area contributed by atoms with Gasteiger partial charge in [-0.2, -0.15) is 15.3 Å². The number of aromatic hydroxyl groups is 1. The number of rotatable bonds is 3. The van der Waals surface area contributed by atoms with E-state index in [-0.39, 0.29) is 5.75 Å². The fourth-order valence-electron chi connectivity index (χ4n) is 2.42. The van der Waals surface area contributed by atoms with Crippen LogP contribution in [0.5, 0.6) is 5.75 Å². The lowest BCUT2D eigenvalue weighted by Crippen LogP contribution is -1.79. The van der Waals surface area contributed by atoms with Crippen molar-refractivity contribution < 1.29 is 5.11 Å². The Morgan fingerprint density at radius 1 is 0.783 bits per heavy atom. The molecule has 0 amide bonds. The van der Waals surface area contributed by atoms with Gasteiger partial charge in [0.15, 0.2) is 5.75 Å². The maximum absolute atomic E-state index is 10.4. The Bertz CT molecular complexity index is 899. The molecule has 0 saturated heterocycles. The van der Waals surface area contributed by atoms with Crippen LogP contribution < -0.4 is 0 Å². The zero-order valence-electron chi connectivity index (χ0n) is 12.9. The lowest BCUT2D eigenvalue weighted by atomic mass is 10.0. The van der Waals surface area contributed by atoms with E-state index < -0.39 is 0 Å². The Balaban J connectivity index is 1.94. The van der Waals surface area contributed by atoms with Crippen molar-refractivity contribution in [2.75, 3.05) is 7.05 Å². The molecule has 0 unspecified atom stereocenters. The summed E-state index contributed by atoms with van der Waals surface area (Å²) in [6, 6.07) is 16.8. The lowest BCUT2D eigenvalue weighted by Gasteiger charge is -2.06. The van der Waals surface area contributed by atoms with Crippen molar-refractivity contribution >= 4 is 27.8 Å². The van der Waals surface area contributed by atoms with Crippen LogP contribution >= 0.6 is 0 Å². The predicted octanol–water partition coefficient (Wildman–Crippen LogP) is 5.98. The number of hydrogen-bond acceptors (Lipinski definition) is 5. The molecular formula is C18H16N4O. The SMILES string of the molecule is CN=Nc1ccc(N=Nc2ccc3cccc(C)c3c2O)cc1. The van der Waals surface area contributed by atoms with Crippen LogP contribution in [0, 0.1) is 6.92 Å². The summed E-state index contributed by atoms with van der Waals surface area (Å²) in [6.07, 6.45) is 0. The van der Waals surface area contributed by atoms with E-state index in [9.17, 15) is 5.11 Å². The average molecular weight is 304 g/mol. The van der Waals surface area contributed by atoms with Crippen LogP contribution in [0.2, 0.25) is 0 Å². The van der Waals surface area contributed by atoms with Crippen molar-refractivity contribution in [3.8, 4) is 5.75 Å². The molecule has 0 aliphatic carbocycles. The van der Waals surface area contributed by atoms with Gasteiger partial charge < -0.3 is 5.11 Å². The second kappa shape index (κ2) is 6.36. The lowest BCUT2D eigenvalue weighted by molar-refractivity contribution is 0.482. The van der Waals surface area contributed by atoms with Crippen molar-refractivity contribution in [3.05, 3.63) is 60.2 Å². The molecule has 0 fully saturated rings. The molecular weight excluding hydrogens is 288 g/mol. The first-order chi connectivity index (χ1) is 11.2. The van der Waals surface area contributed by atoms with Crippen molar-refractivity contribution in [2.45, 2.75) is 6.92 Å². The van der Waals surface area contributed by atoms with Crippen LogP contribution in [0.4, 0.5) is 17.1 Å². The van der Waals surface area contributed by atoms with Gasteiger partial charge in [-0.1, -0.05) is 24.3 Å². The summed E-state index contributed by atoms with van der Waals surface area (Å²) in [7, 11) is 1.62. The van der Waals surface area contributed by atoms with Crippen LogP contribution in [0.1, 0.15) is 5.56 Å². The molecule has 5 heteroatoms. The molecule has 23 heavy (non-hydrogen) atoms. The van der Waals surface area contributed by atoms with Gasteiger partial charge in [0.25, 0.3) is 0 Å². The maximum Gasteiger partial charge on any atom is 0.151 e. The monoisotopic (exact) mass is 304 g/mol. The van der Waals surface area contributed by atoms with E-state index in [0.717, 1.165) is 22.0 Å². The second-order valence-electron chi connectivity index (χ2n) is 5.12. The minimum absolute atomic E-state index is 0.153. The van der Waals surface area contributed by atoms with E-state index in [4.69, 9.17) is 0 Å². The van der Waals surface area contributed by atoms with E-state index >= 15 is 0 Å². The van der Waals surface area contributed by atoms with E-state index in [1.54, 1.807) is 25.2 Å². The number of fused-ring (bicyclic) bond motifs is 1. The minimum atomic E-state index is 0.153. The molecule has 1 N–H and O–H groups in total. The van der Waals surface area contributed by atoms with Gasteiger partial charge in [-0.15, -0.1) is 5.11 Å². The molecule has 0 radical (unpaired) electrons. The van der Waals surface area contributed by atoms with Gasteiger partial charge in [0, 0.05) is 12.4 Å². The van der Waals surface area contributed by atoms with Gasteiger partial charge in [0.2, 0.25) is 0 Å². The van der Waals surface area contributed by atoms with Gasteiger partial charge in [-0.25, -0.2) is 0 Å². The third kappa shape index (κ3) is 3.08. The first kappa shape index (κ1) is 14.8. The zero-order chi connectivity index (χ0) is 16.2. The number of aryl methyl sites for hydroxylation is 1. The Hall–Kier alpha value is -3.08. The van der Waals surface area contributed by atoms with Gasteiger partial charge in [-0.3, -0.25) is 0 Å². The molecule has 114 valence electrons. The Morgan fingerprint density at radius 2 is 1.48 bits per heavy atom. The van der Waals surface area contributed by atoms with E-state index in [1.165, 1.54) is 0 Å². The Kier molecular flexibility index (Phi) is 4.10. The summed E-state index contributed by atoms with van der Waals surface area (Å²) in [4.78, 5) is 0. The standard InChI is InChI=1S/C18H16N4O/c1-12-4-3-5-13-6-11-16(18(23)17(12)13)22-21-15-9-7-14(8-10-15)20-19-2/h3-11,23H,1-2H3. The molecule has 3 rings (SSSR count). The highest BCUT2D eigenvalue weighted by atomic mass is 16.3. The first-order valence-corrected chi connectivity index (χ1v) is 7.22. The highest BCUT2D eigenvalue weighted by molar-refractivity contribution is 5.94. The van der Waals surface area contributed by atoms with Crippen LogP contribution in [-0.2, 0) is 0 Å². The quantitative estimate of drug-likeness (QED) is 0.594. The highest BCUT2D eigenvalue weighted by Crippen LogP contribution is 2.37. The van der Waals surface area contributed by atoms with Crippen molar-refractivity contribution in [3.63, 3.8) is 0 Å².